The minimum absolute atomic E-state index is 0.385. The first kappa shape index (κ1) is 9.52. The van der Waals surface area contributed by atoms with Gasteiger partial charge in [0, 0.05) is 12.1 Å². The highest BCUT2D eigenvalue weighted by Gasteiger charge is 2.13. The van der Waals surface area contributed by atoms with E-state index in [9.17, 15) is 0 Å². The van der Waals surface area contributed by atoms with Crippen molar-refractivity contribution in [2.24, 2.45) is 0 Å². The first-order chi connectivity index (χ1) is 6.61. The molecule has 0 unspecified atom stereocenters. The number of aromatic nitrogens is 2. The largest absolute Gasteiger partial charge is 0.397 e. The molecule has 2 rings (SSSR count). The van der Waals surface area contributed by atoms with E-state index in [1.165, 1.54) is 0 Å². The molecule has 2 aromatic heterocycles. The van der Waals surface area contributed by atoms with Gasteiger partial charge in [0.15, 0.2) is 0 Å². The van der Waals surface area contributed by atoms with E-state index in [1.807, 2.05) is 22.7 Å². The van der Waals surface area contributed by atoms with Crippen LogP contribution in [0.25, 0.3) is 5.52 Å². The second-order valence-corrected chi connectivity index (χ2v) is 4.35. The molecule has 0 aliphatic rings. The van der Waals surface area contributed by atoms with Gasteiger partial charge in [-0.15, -0.1) is 0 Å². The molecule has 0 saturated heterocycles. The molecule has 3 nitrogen and oxygen atoms in total. The van der Waals surface area contributed by atoms with Crippen LogP contribution in [0.2, 0.25) is 0 Å². The summed E-state index contributed by atoms with van der Waals surface area (Å²) in [4.78, 5) is 4.45. The molecule has 0 bridgehead atoms. The zero-order valence-corrected chi connectivity index (χ0v) is 9.75. The third-order valence-corrected chi connectivity index (χ3v) is 2.75. The zero-order valence-electron chi connectivity index (χ0n) is 8.16. The number of fused-ring (bicyclic) bond motifs is 1. The summed E-state index contributed by atoms with van der Waals surface area (Å²) in [5.74, 6) is 1.41. The second-order valence-electron chi connectivity index (χ2n) is 3.60. The lowest BCUT2D eigenvalue weighted by Gasteiger charge is -2.04. The highest BCUT2D eigenvalue weighted by molar-refractivity contribution is 9.10. The number of nitrogen functional groups attached to an aromatic ring is 1. The first-order valence-corrected chi connectivity index (χ1v) is 5.32. The lowest BCUT2D eigenvalue weighted by molar-refractivity contribution is 0.769. The molecule has 2 N–H and O–H groups in total. The number of hydrogen-bond donors (Lipinski definition) is 1. The van der Waals surface area contributed by atoms with Crippen molar-refractivity contribution in [1.29, 1.82) is 0 Å². The molecular weight excluding hydrogens is 242 g/mol. The smallest absolute Gasteiger partial charge is 0.134 e. The molecule has 0 atom stereocenters. The number of hydrogen-bond acceptors (Lipinski definition) is 2. The van der Waals surface area contributed by atoms with Crippen molar-refractivity contribution in [1.82, 2.24) is 9.38 Å². The van der Waals surface area contributed by atoms with Crippen molar-refractivity contribution >= 4 is 27.1 Å². The van der Waals surface area contributed by atoms with Crippen LogP contribution >= 0.6 is 15.9 Å². The van der Waals surface area contributed by atoms with Crippen molar-refractivity contribution in [3.05, 3.63) is 28.8 Å². The van der Waals surface area contributed by atoms with Crippen LogP contribution in [0.4, 0.5) is 5.69 Å². The number of rotatable bonds is 1. The van der Waals surface area contributed by atoms with Crippen molar-refractivity contribution < 1.29 is 0 Å². The van der Waals surface area contributed by atoms with Crippen LogP contribution in [0.5, 0.6) is 0 Å². The summed E-state index contributed by atoms with van der Waals surface area (Å²) in [5, 5.41) is 0. The molecule has 0 aromatic carbocycles. The fourth-order valence-electron chi connectivity index (χ4n) is 1.55. The van der Waals surface area contributed by atoms with Crippen LogP contribution in [0.15, 0.2) is 22.9 Å². The quantitative estimate of drug-likeness (QED) is 0.850. The summed E-state index contributed by atoms with van der Waals surface area (Å²) in [6, 6.07) is 3.81. The number of nitrogens with zero attached hydrogens (tertiary/aromatic N) is 2. The van der Waals surface area contributed by atoms with Gasteiger partial charge in [-0.25, -0.2) is 4.98 Å². The Morgan fingerprint density at radius 1 is 1.50 bits per heavy atom. The van der Waals surface area contributed by atoms with Crippen LogP contribution in [-0.4, -0.2) is 9.38 Å². The van der Waals surface area contributed by atoms with E-state index in [0.717, 1.165) is 21.6 Å². The molecule has 74 valence electrons. The molecule has 4 heteroatoms. The van der Waals surface area contributed by atoms with Crippen molar-refractivity contribution in [2.75, 3.05) is 5.73 Å². The van der Waals surface area contributed by atoms with E-state index in [0.29, 0.717) is 5.92 Å². The SMILES string of the molecule is CC(C)c1nc(Br)c2c(N)cccn12. The van der Waals surface area contributed by atoms with Gasteiger partial charge in [0.1, 0.15) is 15.9 Å². The van der Waals surface area contributed by atoms with Crippen molar-refractivity contribution in [3.8, 4) is 0 Å². The van der Waals surface area contributed by atoms with E-state index < -0.39 is 0 Å². The average Bonchev–Trinajstić information content (AvgIpc) is 2.45. The van der Waals surface area contributed by atoms with E-state index in [-0.39, 0.29) is 0 Å². The Bertz CT molecular complexity index is 473. The fourth-order valence-corrected chi connectivity index (χ4v) is 2.15. The monoisotopic (exact) mass is 253 g/mol. The van der Waals surface area contributed by atoms with E-state index in [4.69, 9.17) is 5.73 Å². The molecular formula is C10H12BrN3. The van der Waals surface area contributed by atoms with Gasteiger partial charge in [-0.3, -0.25) is 0 Å². The van der Waals surface area contributed by atoms with Crippen molar-refractivity contribution in [3.63, 3.8) is 0 Å². The Hall–Kier alpha value is -1.03. The fraction of sp³-hybridized carbons (Fsp3) is 0.300. The lowest BCUT2D eigenvalue weighted by Crippen LogP contribution is -1.97. The Morgan fingerprint density at radius 2 is 2.21 bits per heavy atom. The molecule has 0 aliphatic carbocycles. The van der Waals surface area contributed by atoms with Crippen LogP contribution < -0.4 is 5.73 Å². The Kier molecular flexibility index (Phi) is 2.23. The third-order valence-electron chi connectivity index (χ3n) is 2.20. The van der Waals surface area contributed by atoms with Crippen molar-refractivity contribution in [2.45, 2.75) is 19.8 Å². The average molecular weight is 254 g/mol. The lowest BCUT2D eigenvalue weighted by atomic mass is 10.2. The van der Waals surface area contributed by atoms with Crippen LogP contribution in [0, 0.1) is 0 Å². The van der Waals surface area contributed by atoms with Gasteiger partial charge < -0.3 is 10.1 Å². The van der Waals surface area contributed by atoms with E-state index >= 15 is 0 Å². The number of pyridine rings is 1. The Morgan fingerprint density at radius 3 is 2.86 bits per heavy atom. The van der Waals surface area contributed by atoms with Crippen LogP contribution in [0.1, 0.15) is 25.6 Å². The molecule has 0 amide bonds. The molecule has 0 fully saturated rings. The summed E-state index contributed by atoms with van der Waals surface area (Å²) in [6.07, 6.45) is 1.98. The van der Waals surface area contributed by atoms with E-state index in [1.54, 1.807) is 0 Å². The summed E-state index contributed by atoms with van der Waals surface area (Å²) in [5.41, 5.74) is 7.58. The predicted molar refractivity (Wildman–Crippen MR) is 61.4 cm³/mol. The molecule has 0 saturated carbocycles. The molecule has 0 aliphatic heterocycles. The third kappa shape index (κ3) is 1.30. The van der Waals surface area contributed by atoms with Gasteiger partial charge in [0.2, 0.25) is 0 Å². The van der Waals surface area contributed by atoms with Gasteiger partial charge in [-0.2, -0.15) is 0 Å². The van der Waals surface area contributed by atoms with Crippen LogP contribution in [0.3, 0.4) is 0 Å². The molecule has 0 spiro atoms. The molecule has 2 heterocycles. The van der Waals surface area contributed by atoms with Gasteiger partial charge in [-0.1, -0.05) is 13.8 Å². The maximum absolute atomic E-state index is 5.88. The highest BCUT2D eigenvalue weighted by atomic mass is 79.9. The predicted octanol–water partition coefficient (Wildman–Crippen LogP) is 2.80. The molecule has 14 heavy (non-hydrogen) atoms. The Labute approximate surface area is 91.1 Å². The van der Waals surface area contributed by atoms with Gasteiger partial charge in [0.25, 0.3) is 0 Å². The topological polar surface area (TPSA) is 43.3 Å². The highest BCUT2D eigenvalue weighted by Crippen LogP contribution is 2.27. The number of anilines is 1. The second kappa shape index (κ2) is 3.28. The normalized spacial score (nSPS) is 11.4. The molecule has 0 radical (unpaired) electrons. The first-order valence-electron chi connectivity index (χ1n) is 4.53. The standard InChI is InChI=1S/C10H12BrN3/c1-6(2)10-13-9(11)8-7(12)4-3-5-14(8)10/h3-6H,12H2,1-2H3. The van der Waals surface area contributed by atoms with Gasteiger partial charge in [-0.05, 0) is 28.1 Å². The van der Waals surface area contributed by atoms with Crippen LogP contribution in [-0.2, 0) is 0 Å². The summed E-state index contributed by atoms with van der Waals surface area (Å²) in [7, 11) is 0. The minimum atomic E-state index is 0.385. The number of imidazole rings is 1. The Balaban J connectivity index is 2.84. The van der Waals surface area contributed by atoms with Gasteiger partial charge in [0.05, 0.1) is 5.69 Å². The maximum atomic E-state index is 5.88. The maximum Gasteiger partial charge on any atom is 0.134 e. The van der Waals surface area contributed by atoms with Gasteiger partial charge >= 0.3 is 0 Å². The number of halogens is 1. The summed E-state index contributed by atoms with van der Waals surface area (Å²) < 4.78 is 2.85. The number of nitrogens with two attached hydrogens (primary N) is 1. The van der Waals surface area contributed by atoms with E-state index in [2.05, 4.69) is 34.8 Å². The molecule has 2 aromatic rings. The summed E-state index contributed by atoms with van der Waals surface area (Å²) in [6.45, 7) is 4.23. The zero-order chi connectivity index (χ0) is 10.3. The minimum Gasteiger partial charge on any atom is -0.397 e. The summed E-state index contributed by atoms with van der Waals surface area (Å²) >= 11 is 3.42.